The smallest absolute Gasteiger partial charge is 0.175 e. The molecule has 0 aliphatic rings. The molecule has 3 nitrogen and oxygen atoms in total. The maximum absolute atomic E-state index is 5.31. The van der Waals surface area contributed by atoms with E-state index >= 15 is 0 Å². The van der Waals surface area contributed by atoms with Crippen LogP contribution < -0.4 is 10.2 Å². The van der Waals surface area contributed by atoms with Gasteiger partial charge in [-0.05, 0) is 24.4 Å². The van der Waals surface area contributed by atoms with Crippen LogP contribution in [0.1, 0.15) is 0 Å². The fourth-order valence-corrected chi connectivity index (χ4v) is 1.48. The largest absolute Gasteiger partial charge is 0.386 e. The van der Waals surface area contributed by atoms with E-state index in [0.29, 0.717) is 0 Å². The van der Waals surface area contributed by atoms with Crippen LogP contribution in [0, 0.1) is 0 Å². The SMILES string of the molecule is CNc1ccccc1N(C)C(=S)N(C)C. The van der Waals surface area contributed by atoms with Crippen molar-refractivity contribution < 1.29 is 0 Å². The predicted octanol–water partition coefficient (Wildman–Crippen LogP) is 2.01. The van der Waals surface area contributed by atoms with Crippen LogP contribution in [0.3, 0.4) is 0 Å². The van der Waals surface area contributed by atoms with Gasteiger partial charge in [0.25, 0.3) is 0 Å². The van der Waals surface area contributed by atoms with E-state index in [1.54, 1.807) is 0 Å². The van der Waals surface area contributed by atoms with Gasteiger partial charge in [-0.25, -0.2) is 0 Å². The molecule has 0 aliphatic heterocycles. The summed E-state index contributed by atoms with van der Waals surface area (Å²) in [5.41, 5.74) is 2.16. The Kier molecular flexibility index (Phi) is 3.91. The summed E-state index contributed by atoms with van der Waals surface area (Å²) in [7, 11) is 7.77. The molecule has 0 aliphatic carbocycles. The number of thiocarbonyl (C=S) groups is 1. The van der Waals surface area contributed by atoms with Gasteiger partial charge in [-0.1, -0.05) is 12.1 Å². The lowest BCUT2D eigenvalue weighted by molar-refractivity contribution is 0.623. The molecule has 0 unspecified atom stereocenters. The van der Waals surface area contributed by atoms with Gasteiger partial charge in [0, 0.05) is 28.2 Å². The highest BCUT2D eigenvalue weighted by Crippen LogP contribution is 2.24. The lowest BCUT2D eigenvalue weighted by Crippen LogP contribution is -2.36. The van der Waals surface area contributed by atoms with Crippen LogP contribution in [-0.4, -0.2) is 38.2 Å². The number of rotatable bonds is 2. The second-order valence-electron chi connectivity index (χ2n) is 3.50. The van der Waals surface area contributed by atoms with E-state index in [0.717, 1.165) is 16.5 Å². The van der Waals surface area contributed by atoms with E-state index in [9.17, 15) is 0 Å². The molecule has 0 aromatic heterocycles. The molecule has 15 heavy (non-hydrogen) atoms. The number of hydrogen-bond donors (Lipinski definition) is 1. The summed E-state index contributed by atoms with van der Waals surface area (Å²) >= 11 is 5.31. The van der Waals surface area contributed by atoms with Gasteiger partial charge in [0.05, 0.1) is 11.4 Å². The van der Waals surface area contributed by atoms with Gasteiger partial charge < -0.3 is 15.1 Å². The van der Waals surface area contributed by atoms with E-state index < -0.39 is 0 Å². The molecule has 0 saturated heterocycles. The van der Waals surface area contributed by atoms with Gasteiger partial charge >= 0.3 is 0 Å². The van der Waals surface area contributed by atoms with Gasteiger partial charge in [-0.15, -0.1) is 0 Å². The predicted molar refractivity (Wildman–Crippen MR) is 70.7 cm³/mol. The first-order valence-electron chi connectivity index (χ1n) is 4.79. The number of nitrogens with one attached hydrogen (secondary N) is 1. The fraction of sp³-hybridized carbons (Fsp3) is 0.364. The minimum Gasteiger partial charge on any atom is -0.386 e. The molecule has 0 radical (unpaired) electrons. The van der Waals surface area contributed by atoms with Crippen molar-refractivity contribution in [3.63, 3.8) is 0 Å². The Morgan fingerprint density at radius 1 is 1.20 bits per heavy atom. The third kappa shape index (κ3) is 2.59. The molecule has 1 aromatic carbocycles. The number of para-hydroxylation sites is 2. The summed E-state index contributed by atoms with van der Waals surface area (Å²) in [5.74, 6) is 0. The minimum atomic E-state index is 0.790. The van der Waals surface area contributed by atoms with Gasteiger partial charge in [0.2, 0.25) is 0 Å². The topological polar surface area (TPSA) is 18.5 Å². The lowest BCUT2D eigenvalue weighted by atomic mass is 10.2. The van der Waals surface area contributed by atoms with Gasteiger partial charge in [-0.2, -0.15) is 0 Å². The first-order chi connectivity index (χ1) is 7.07. The monoisotopic (exact) mass is 223 g/mol. The first-order valence-corrected chi connectivity index (χ1v) is 5.20. The van der Waals surface area contributed by atoms with Crippen molar-refractivity contribution >= 4 is 28.7 Å². The van der Waals surface area contributed by atoms with Crippen LogP contribution >= 0.6 is 12.2 Å². The second kappa shape index (κ2) is 4.98. The zero-order chi connectivity index (χ0) is 11.4. The van der Waals surface area contributed by atoms with Crippen LogP contribution in [0.15, 0.2) is 24.3 Å². The standard InChI is InChI=1S/C11H17N3S/c1-12-9-7-5-6-8-10(9)14(4)11(15)13(2)3/h5-8,12H,1-4H3. The maximum Gasteiger partial charge on any atom is 0.175 e. The third-order valence-corrected chi connectivity index (χ3v) is 2.84. The van der Waals surface area contributed by atoms with Crippen LogP contribution in [0.25, 0.3) is 0 Å². The Morgan fingerprint density at radius 3 is 2.33 bits per heavy atom. The zero-order valence-corrected chi connectivity index (χ0v) is 10.4. The quantitative estimate of drug-likeness (QED) is 0.773. The summed E-state index contributed by atoms with van der Waals surface area (Å²) in [4.78, 5) is 3.91. The van der Waals surface area contributed by atoms with Crippen molar-refractivity contribution in [1.82, 2.24) is 4.90 Å². The molecule has 82 valence electrons. The number of benzene rings is 1. The van der Waals surface area contributed by atoms with E-state index in [1.807, 2.05) is 62.3 Å². The molecular weight excluding hydrogens is 206 g/mol. The van der Waals surface area contributed by atoms with E-state index in [4.69, 9.17) is 12.2 Å². The Hall–Kier alpha value is -1.29. The summed E-state index contributed by atoms with van der Waals surface area (Å²) in [6.45, 7) is 0. The van der Waals surface area contributed by atoms with Crippen LogP contribution in [-0.2, 0) is 0 Å². The highest BCUT2D eigenvalue weighted by molar-refractivity contribution is 7.80. The molecule has 1 rings (SSSR count). The Bertz CT molecular complexity index is 349. The molecule has 1 aromatic rings. The van der Waals surface area contributed by atoms with E-state index in [1.165, 1.54) is 0 Å². The summed E-state index contributed by atoms with van der Waals surface area (Å²) < 4.78 is 0. The zero-order valence-electron chi connectivity index (χ0n) is 9.61. The van der Waals surface area contributed by atoms with Crippen LogP contribution in [0.5, 0.6) is 0 Å². The molecule has 0 fully saturated rings. The lowest BCUT2D eigenvalue weighted by Gasteiger charge is -2.26. The average Bonchev–Trinajstić information content (AvgIpc) is 2.26. The highest BCUT2D eigenvalue weighted by Gasteiger charge is 2.11. The maximum atomic E-state index is 5.31. The molecular formula is C11H17N3S. The summed E-state index contributed by atoms with van der Waals surface area (Å²) in [6, 6.07) is 8.08. The highest BCUT2D eigenvalue weighted by atomic mass is 32.1. The second-order valence-corrected chi connectivity index (χ2v) is 3.87. The molecule has 0 saturated carbocycles. The molecule has 0 bridgehead atoms. The summed E-state index contributed by atoms with van der Waals surface area (Å²) in [5, 5.41) is 3.94. The molecule has 0 heterocycles. The van der Waals surface area contributed by atoms with E-state index in [2.05, 4.69) is 5.32 Å². The molecule has 0 spiro atoms. The molecule has 4 heteroatoms. The molecule has 0 amide bonds. The third-order valence-electron chi connectivity index (χ3n) is 2.20. The number of hydrogen-bond acceptors (Lipinski definition) is 2. The van der Waals surface area contributed by atoms with Crippen molar-refractivity contribution in [3.8, 4) is 0 Å². The number of anilines is 2. The summed E-state index contributed by atoms with van der Waals surface area (Å²) in [6.07, 6.45) is 0. The Labute approximate surface area is 96.7 Å². The molecule has 0 atom stereocenters. The van der Waals surface area contributed by atoms with Crippen molar-refractivity contribution in [2.45, 2.75) is 0 Å². The van der Waals surface area contributed by atoms with Crippen molar-refractivity contribution in [2.75, 3.05) is 38.4 Å². The van der Waals surface area contributed by atoms with Crippen molar-refractivity contribution in [2.24, 2.45) is 0 Å². The number of nitrogens with zero attached hydrogens (tertiary/aromatic N) is 2. The van der Waals surface area contributed by atoms with Crippen molar-refractivity contribution in [1.29, 1.82) is 0 Å². The average molecular weight is 223 g/mol. The fourth-order valence-electron chi connectivity index (χ4n) is 1.38. The minimum absolute atomic E-state index is 0.790. The van der Waals surface area contributed by atoms with Crippen molar-refractivity contribution in [3.05, 3.63) is 24.3 Å². The molecule has 1 N–H and O–H groups in total. The Balaban J connectivity index is 3.00. The van der Waals surface area contributed by atoms with Gasteiger partial charge in [0.15, 0.2) is 5.11 Å². The Morgan fingerprint density at radius 2 is 1.80 bits per heavy atom. The van der Waals surface area contributed by atoms with Gasteiger partial charge in [0.1, 0.15) is 0 Å². The van der Waals surface area contributed by atoms with Gasteiger partial charge in [-0.3, -0.25) is 0 Å². The van der Waals surface area contributed by atoms with Crippen LogP contribution in [0.4, 0.5) is 11.4 Å². The normalized spacial score (nSPS) is 9.60. The first kappa shape index (κ1) is 11.8. The van der Waals surface area contributed by atoms with Crippen LogP contribution in [0.2, 0.25) is 0 Å². The van der Waals surface area contributed by atoms with E-state index in [-0.39, 0.29) is 0 Å².